The minimum atomic E-state index is -0.686. The number of rotatable bonds is 1. The molecule has 8 atom stereocenters. The first-order chi connectivity index (χ1) is 16.2. The van der Waals surface area contributed by atoms with Crippen LogP contribution in [0.3, 0.4) is 0 Å². The number of nitrogens with one attached hydrogen (secondary N) is 2. The zero-order chi connectivity index (χ0) is 23.8. The van der Waals surface area contributed by atoms with E-state index in [0.29, 0.717) is 11.3 Å². The highest BCUT2D eigenvalue weighted by atomic mass is 16.6. The highest BCUT2D eigenvalue weighted by molar-refractivity contribution is 6.03. The Bertz CT molecular complexity index is 1260. The van der Waals surface area contributed by atoms with Gasteiger partial charge in [0, 0.05) is 37.1 Å². The Hall–Kier alpha value is -3.83. The maximum Gasteiger partial charge on any atom is 0.324 e. The number of hydrogen-bond acceptors (Lipinski definition) is 8. The summed E-state index contributed by atoms with van der Waals surface area (Å²) in [5, 5.41) is 4.73. The lowest BCUT2D eigenvalue weighted by molar-refractivity contribution is -0.160. The van der Waals surface area contributed by atoms with E-state index in [1.165, 1.54) is 16.9 Å². The summed E-state index contributed by atoms with van der Waals surface area (Å²) in [6.45, 7) is 0. The summed E-state index contributed by atoms with van der Waals surface area (Å²) in [6, 6.07) is -0.204. The van der Waals surface area contributed by atoms with Gasteiger partial charge in [-0.2, -0.15) is 0 Å². The van der Waals surface area contributed by atoms with E-state index in [4.69, 9.17) is 14.2 Å². The predicted octanol–water partition coefficient (Wildman–Crippen LogP) is -0.481. The Labute approximate surface area is 192 Å². The van der Waals surface area contributed by atoms with Crippen molar-refractivity contribution in [1.29, 1.82) is 0 Å². The van der Waals surface area contributed by atoms with Gasteiger partial charge in [0.25, 0.3) is 0 Å². The van der Waals surface area contributed by atoms with E-state index in [0.717, 1.165) is 5.56 Å². The number of carbonyl (C=O) groups is 5. The summed E-state index contributed by atoms with van der Waals surface area (Å²) in [6.07, 6.45) is -0.444. The zero-order valence-corrected chi connectivity index (χ0v) is 18.4. The largest absolute Gasteiger partial charge is 0.490 e. The first kappa shape index (κ1) is 19.6. The third-order valence-electron chi connectivity index (χ3n) is 8.45. The van der Waals surface area contributed by atoms with Gasteiger partial charge in [-0.15, -0.1) is 0 Å². The molecule has 4 aliphatic heterocycles. The fraction of sp³-hybridized carbons (Fsp3) is 0.500. The van der Waals surface area contributed by atoms with Crippen molar-refractivity contribution in [3.8, 4) is 17.2 Å². The summed E-state index contributed by atoms with van der Waals surface area (Å²) in [5.74, 6) is -3.14. The number of carbonyl (C=O) groups excluding carboxylic acids is 5. The van der Waals surface area contributed by atoms with Crippen molar-refractivity contribution in [2.75, 3.05) is 21.2 Å². The van der Waals surface area contributed by atoms with Crippen LogP contribution in [0.25, 0.3) is 0 Å². The normalized spacial score (nSPS) is 38.4. The van der Waals surface area contributed by atoms with Crippen LogP contribution in [0.5, 0.6) is 17.2 Å². The molecule has 0 radical (unpaired) electrons. The van der Waals surface area contributed by atoms with Crippen LogP contribution in [0.4, 0.5) is 9.59 Å². The van der Waals surface area contributed by atoms with E-state index in [-0.39, 0.29) is 23.3 Å². The SMILES string of the molecule is COc1c2c(cc3c1OC(=O)C1C3C3C(=O)NC(=O)N(C)C31)C1C(O2)C2C1C(=O)NC(=O)N2C. The number of ether oxygens (including phenoxy) is 3. The Balaban J connectivity index is 1.35. The van der Waals surface area contributed by atoms with E-state index in [1.807, 2.05) is 6.07 Å². The van der Waals surface area contributed by atoms with Crippen LogP contribution >= 0.6 is 0 Å². The van der Waals surface area contributed by atoms with Crippen LogP contribution in [0.2, 0.25) is 0 Å². The molecule has 2 aliphatic carbocycles. The number of urea groups is 2. The van der Waals surface area contributed by atoms with Gasteiger partial charge in [0.1, 0.15) is 6.10 Å². The van der Waals surface area contributed by atoms with E-state index in [2.05, 4.69) is 10.6 Å². The predicted molar refractivity (Wildman–Crippen MR) is 109 cm³/mol. The molecule has 12 heteroatoms. The second-order valence-electron chi connectivity index (χ2n) is 9.67. The van der Waals surface area contributed by atoms with Crippen molar-refractivity contribution in [3.63, 3.8) is 0 Å². The molecular weight excluding hydrogens is 448 g/mol. The summed E-state index contributed by atoms with van der Waals surface area (Å²) >= 11 is 0. The first-order valence-electron chi connectivity index (χ1n) is 11.0. The number of likely N-dealkylation sites (N-methyl/N-ethyl adjacent to an activating group) is 1. The summed E-state index contributed by atoms with van der Waals surface area (Å²) in [4.78, 5) is 65.5. The van der Waals surface area contributed by atoms with Crippen LogP contribution in [0, 0.1) is 17.8 Å². The van der Waals surface area contributed by atoms with Crippen LogP contribution in [0.15, 0.2) is 6.07 Å². The smallest absolute Gasteiger partial charge is 0.324 e. The second-order valence-corrected chi connectivity index (χ2v) is 9.67. The molecule has 7 rings (SSSR count). The molecule has 4 heterocycles. The van der Waals surface area contributed by atoms with E-state index in [1.54, 1.807) is 14.1 Å². The lowest BCUT2D eigenvalue weighted by atomic mass is 9.55. The van der Waals surface area contributed by atoms with Gasteiger partial charge in [0.05, 0.1) is 36.9 Å². The molecule has 8 unspecified atom stereocenters. The molecule has 12 nitrogen and oxygen atoms in total. The fourth-order valence-electron chi connectivity index (χ4n) is 6.88. The number of esters is 1. The van der Waals surface area contributed by atoms with Gasteiger partial charge < -0.3 is 24.0 Å². The Morgan fingerprint density at radius 1 is 0.794 bits per heavy atom. The molecule has 0 aromatic heterocycles. The van der Waals surface area contributed by atoms with Crippen molar-refractivity contribution in [2.24, 2.45) is 17.8 Å². The third kappa shape index (κ3) is 1.99. The van der Waals surface area contributed by atoms with E-state index < -0.39 is 65.8 Å². The van der Waals surface area contributed by atoms with Crippen LogP contribution in [0.1, 0.15) is 23.0 Å². The number of benzene rings is 1. The highest BCUT2D eigenvalue weighted by Crippen LogP contribution is 2.65. The topological polar surface area (TPSA) is 144 Å². The van der Waals surface area contributed by atoms with Crippen molar-refractivity contribution < 1.29 is 38.2 Å². The molecule has 176 valence electrons. The number of imide groups is 2. The molecule has 2 N–H and O–H groups in total. The van der Waals surface area contributed by atoms with Gasteiger partial charge in [-0.05, 0) is 6.07 Å². The number of hydrogen-bond donors (Lipinski definition) is 2. The standard InChI is InChI=1S/C22H20N4O8/c1-25-12-9(18(27)23-21(25)30)7-5-4-6-8-10-13(26(2)22(31)24-19(10)28)16(8)33-14(6)17(32-3)15(5)34-20(29)11(7)12/h4,7-13,16H,1-3H3,(H,23,27,30)(H,24,28,31). The average molecular weight is 468 g/mol. The van der Waals surface area contributed by atoms with Crippen molar-refractivity contribution in [1.82, 2.24) is 20.4 Å². The Morgan fingerprint density at radius 3 is 2.03 bits per heavy atom. The van der Waals surface area contributed by atoms with E-state index in [9.17, 15) is 24.0 Å². The minimum absolute atomic E-state index is 0.191. The molecule has 6 aliphatic rings. The van der Waals surface area contributed by atoms with Gasteiger partial charge in [-0.1, -0.05) is 0 Å². The molecule has 0 spiro atoms. The van der Waals surface area contributed by atoms with Crippen LogP contribution in [-0.2, 0) is 14.4 Å². The van der Waals surface area contributed by atoms with Gasteiger partial charge >= 0.3 is 18.0 Å². The molecule has 2 saturated carbocycles. The van der Waals surface area contributed by atoms with Gasteiger partial charge in [-0.25, -0.2) is 9.59 Å². The highest BCUT2D eigenvalue weighted by Gasteiger charge is 2.68. The maximum absolute atomic E-state index is 13.0. The molecule has 6 amide bonds. The maximum atomic E-state index is 13.0. The number of fused-ring (bicyclic) bond motifs is 12. The minimum Gasteiger partial charge on any atom is -0.490 e. The fourth-order valence-corrected chi connectivity index (χ4v) is 6.88. The zero-order valence-electron chi connectivity index (χ0n) is 18.4. The molecule has 4 fully saturated rings. The van der Waals surface area contributed by atoms with Crippen molar-refractivity contribution in [3.05, 3.63) is 17.2 Å². The first-order valence-corrected chi connectivity index (χ1v) is 11.0. The lowest BCUT2D eigenvalue weighted by Gasteiger charge is -2.56. The van der Waals surface area contributed by atoms with E-state index >= 15 is 0 Å². The van der Waals surface area contributed by atoms with Crippen LogP contribution in [-0.4, -0.2) is 79.0 Å². The monoisotopic (exact) mass is 468 g/mol. The number of amides is 6. The van der Waals surface area contributed by atoms with Gasteiger partial charge in [0.15, 0.2) is 11.5 Å². The summed E-state index contributed by atoms with van der Waals surface area (Å²) < 4.78 is 17.5. The molecule has 1 aromatic rings. The summed E-state index contributed by atoms with van der Waals surface area (Å²) in [5.41, 5.74) is 1.34. The summed E-state index contributed by atoms with van der Waals surface area (Å²) in [7, 11) is 4.59. The molecule has 0 bridgehead atoms. The average Bonchev–Trinajstić information content (AvgIpc) is 3.04. The molecule has 2 saturated heterocycles. The number of nitrogens with zero attached hydrogens (tertiary/aromatic N) is 2. The third-order valence-corrected chi connectivity index (χ3v) is 8.45. The van der Waals surface area contributed by atoms with Gasteiger partial charge in [0.2, 0.25) is 17.6 Å². The number of methoxy groups -OCH3 is 1. The molecule has 34 heavy (non-hydrogen) atoms. The van der Waals surface area contributed by atoms with Crippen LogP contribution < -0.4 is 24.8 Å². The Morgan fingerprint density at radius 2 is 1.38 bits per heavy atom. The van der Waals surface area contributed by atoms with Crippen molar-refractivity contribution >= 4 is 29.8 Å². The molecular formula is C22H20N4O8. The molecule has 1 aromatic carbocycles. The van der Waals surface area contributed by atoms with Gasteiger partial charge in [-0.3, -0.25) is 25.0 Å². The lowest BCUT2D eigenvalue weighted by Crippen LogP contribution is -2.72. The Kier molecular flexibility index (Phi) is 3.46. The van der Waals surface area contributed by atoms with Crippen molar-refractivity contribution in [2.45, 2.75) is 30.0 Å². The quantitative estimate of drug-likeness (QED) is 0.416. The second kappa shape index (κ2) is 5.99.